The molecule has 8 nitrogen and oxygen atoms in total. The summed E-state index contributed by atoms with van der Waals surface area (Å²) in [7, 11) is -4.28. The fraction of sp³-hybridized carbons (Fsp3) is 0.412. The molecule has 10 heteroatoms. The molecule has 44 heavy (non-hydrogen) atoms. The number of nitrogens with one attached hydrogen (secondary N) is 1. The summed E-state index contributed by atoms with van der Waals surface area (Å²) in [6, 6.07) is 17.7. The third-order valence-electron chi connectivity index (χ3n) is 8.06. The smallest absolute Gasteiger partial charge is 0.264 e. The first-order valence-electron chi connectivity index (χ1n) is 15.3. The minimum Gasteiger partial charge on any atom is -0.494 e. The molecule has 0 bridgehead atoms. The summed E-state index contributed by atoms with van der Waals surface area (Å²) in [4.78, 5) is 29.4. The van der Waals surface area contributed by atoms with Gasteiger partial charge in [0.2, 0.25) is 11.8 Å². The van der Waals surface area contributed by atoms with E-state index in [4.69, 9.17) is 4.74 Å². The van der Waals surface area contributed by atoms with Crippen molar-refractivity contribution in [3.05, 3.63) is 89.7 Å². The Balaban J connectivity index is 1.70. The number of hydrogen-bond donors (Lipinski definition) is 1. The Hall–Kier alpha value is -3.92. The molecule has 1 fully saturated rings. The number of carbonyl (C=O) groups excluding carboxylic acids is 2. The molecule has 0 aromatic heterocycles. The molecule has 3 aromatic rings. The summed E-state index contributed by atoms with van der Waals surface area (Å²) >= 11 is 0. The summed E-state index contributed by atoms with van der Waals surface area (Å²) in [6.45, 7) is 5.57. The van der Waals surface area contributed by atoms with Gasteiger partial charge < -0.3 is 15.0 Å². The van der Waals surface area contributed by atoms with Gasteiger partial charge in [-0.3, -0.25) is 13.9 Å². The van der Waals surface area contributed by atoms with Crippen molar-refractivity contribution in [2.24, 2.45) is 0 Å². The zero-order chi connectivity index (χ0) is 31.7. The second-order valence-electron chi connectivity index (χ2n) is 11.1. The van der Waals surface area contributed by atoms with E-state index in [-0.39, 0.29) is 29.1 Å². The van der Waals surface area contributed by atoms with Gasteiger partial charge in [0, 0.05) is 12.6 Å². The topological polar surface area (TPSA) is 96.0 Å². The number of amides is 2. The average molecular weight is 624 g/mol. The lowest BCUT2D eigenvalue weighted by molar-refractivity contribution is -0.140. The minimum atomic E-state index is -4.28. The predicted octanol–water partition coefficient (Wildman–Crippen LogP) is 5.98. The van der Waals surface area contributed by atoms with E-state index in [1.165, 1.54) is 29.2 Å². The van der Waals surface area contributed by atoms with Crippen LogP contribution in [0.15, 0.2) is 77.7 Å². The SMILES string of the molecule is CCOc1ccc(S(=O)(=O)N(CC(=O)N(Cc2ccccc2C)[C@@H](CC)C(=O)NC2CCCCC2)c2ccc(F)cc2)cc1. The Kier molecular flexibility index (Phi) is 11.4. The van der Waals surface area contributed by atoms with Crippen LogP contribution in [0.25, 0.3) is 0 Å². The monoisotopic (exact) mass is 623 g/mol. The fourth-order valence-corrected chi connectivity index (χ4v) is 6.99. The van der Waals surface area contributed by atoms with E-state index in [1.807, 2.05) is 45.0 Å². The summed E-state index contributed by atoms with van der Waals surface area (Å²) in [5, 5.41) is 3.15. The van der Waals surface area contributed by atoms with Crippen LogP contribution in [0.3, 0.4) is 0 Å². The molecule has 0 radical (unpaired) electrons. The van der Waals surface area contributed by atoms with Crippen molar-refractivity contribution < 1.29 is 27.1 Å². The number of nitrogens with zero attached hydrogens (tertiary/aromatic N) is 2. The summed E-state index contributed by atoms with van der Waals surface area (Å²) in [6.07, 6.45) is 5.37. The summed E-state index contributed by atoms with van der Waals surface area (Å²) < 4.78 is 48.4. The van der Waals surface area contributed by atoms with Gasteiger partial charge in [-0.25, -0.2) is 12.8 Å². The third kappa shape index (κ3) is 8.16. The van der Waals surface area contributed by atoms with Crippen LogP contribution < -0.4 is 14.4 Å². The van der Waals surface area contributed by atoms with Crippen LogP contribution >= 0.6 is 0 Å². The lowest BCUT2D eigenvalue weighted by Crippen LogP contribution is -2.54. The van der Waals surface area contributed by atoms with Crippen LogP contribution in [0.5, 0.6) is 5.75 Å². The molecule has 4 rings (SSSR count). The van der Waals surface area contributed by atoms with Gasteiger partial charge in [-0.1, -0.05) is 50.5 Å². The van der Waals surface area contributed by atoms with Crippen LogP contribution in [-0.4, -0.2) is 50.4 Å². The first-order valence-corrected chi connectivity index (χ1v) is 16.7. The Bertz CT molecular complexity index is 1510. The number of hydrogen-bond acceptors (Lipinski definition) is 5. The second kappa shape index (κ2) is 15.2. The predicted molar refractivity (Wildman–Crippen MR) is 169 cm³/mol. The first-order chi connectivity index (χ1) is 21.1. The van der Waals surface area contributed by atoms with Gasteiger partial charge in [0.05, 0.1) is 17.2 Å². The highest BCUT2D eigenvalue weighted by molar-refractivity contribution is 7.92. The van der Waals surface area contributed by atoms with Crippen molar-refractivity contribution in [3.8, 4) is 5.75 Å². The Labute approximate surface area is 260 Å². The molecule has 1 N–H and O–H groups in total. The largest absolute Gasteiger partial charge is 0.494 e. The zero-order valence-corrected chi connectivity index (χ0v) is 26.5. The van der Waals surface area contributed by atoms with Crippen LogP contribution in [0, 0.1) is 12.7 Å². The van der Waals surface area contributed by atoms with E-state index >= 15 is 0 Å². The van der Waals surface area contributed by atoms with Crippen LogP contribution in [0.1, 0.15) is 63.5 Å². The van der Waals surface area contributed by atoms with E-state index < -0.39 is 34.3 Å². The number of halogens is 1. The average Bonchev–Trinajstić information content (AvgIpc) is 3.02. The van der Waals surface area contributed by atoms with Gasteiger partial charge in [-0.2, -0.15) is 0 Å². The Morgan fingerprint density at radius 3 is 2.23 bits per heavy atom. The molecule has 1 aliphatic carbocycles. The highest BCUT2D eigenvalue weighted by Gasteiger charge is 2.34. The minimum absolute atomic E-state index is 0.0504. The third-order valence-corrected chi connectivity index (χ3v) is 9.84. The van der Waals surface area contributed by atoms with Crippen molar-refractivity contribution in [1.29, 1.82) is 0 Å². The van der Waals surface area contributed by atoms with Crippen molar-refractivity contribution in [2.45, 2.75) is 82.8 Å². The maximum absolute atomic E-state index is 14.3. The summed E-state index contributed by atoms with van der Waals surface area (Å²) in [5.74, 6) is -0.818. The number of anilines is 1. The van der Waals surface area contributed by atoms with E-state index in [2.05, 4.69) is 5.32 Å². The second-order valence-corrected chi connectivity index (χ2v) is 13.0. The van der Waals surface area contributed by atoms with Gasteiger partial charge in [0.15, 0.2) is 0 Å². The van der Waals surface area contributed by atoms with Crippen LogP contribution in [-0.2, 0) is 26.2 Å². The number of rotatable bonds is 13. The molecule has 236 valence electrons. The van der Waals surface area contributed by atoms with Crippen LogP contribution in [0.4, 0.5) is 10.1 Å². The van der Waals surface area contributed by atoms with Gasteiger partial charge in [0.1, 0.15) is 24.2 Å². The molecule has 1 atom stereocenters. The molecule has 0 unspecified atom stereocenters. The summed E-state index contributed by atoms with van der Waals surface area (Å²) in [5.41, 5.74) is 1.93. The number of ether oxygens (including phenoxy) is 1. The molecular formula is C34H42FN3O5S. The van der Waals surface area contributed by atoms with Gasteiger partial charge in [0.25, 0.3) is 10.0 Å². The van der Waals surface area contributed by atoms with Gasteiger partial charge in [-0.05, 0) is 92.8 Å². The molecule has 0 spiro atoms. The lowest BCUT2D eigenvalue weighted by atomic mass is 9.95. The molecule has 1 saturated carbocycles. The standard InChI is InChI=1S/C34H42FN3O5S/c1-4-32(34(40)36-28-13-7-6-8-14-28)37(23-26-12-10-9-11-25(26)3)33(39)24-38(29-17-15-27(35)16-18-29)44(41,42)31-21-19-30(20-22-31)43-5-2/h9-12,15-22,28,32H,4-8,13-14,23-24H2,1-3H3,(H,36,40)/t32-/m0/s1. The van der Waals surface area contributed by atoms with Crippen molar-refractivity contribution in [3.63, 3.8) is 0 Å². The maximum Gasteiger partial charge on any atom is 0.264 e. The van der Waals surface area contributed by atoms with Crippen molar-refractivity contribution in [2.75, 3.05) is 17.5 Å². The molecule has 2 amide bonds. The van der Waals surface area contributed by atoms with E-state index in [0.717, 1.165) is 59.7 Å². The molecular weight excluding hydrogens is 581 g/mol. The van der Waals surface area contributed by atoms with Crippen molar-refractivity contribution in [1.82, 2.24) is 10.2 Å². The normalized spacial score (nSPS) is 14.5. The fourth-order valence-electron chi connectivity index (χ4n) is 5.57. The highest BCUT2D eigenvalue weighted by Crippen LogP contribution is 2.27. The number of benzene rings is 3. The van der Waals surface area contributed by atoms with E-state index in [9.17, 15) is 22.4 Å². The molecule has 0 aliphatic heterocycles. The van der Waals surface area contributed by atoms with E-state index in [1.54, 1.807) is 12.1 Å². The molecule has 1 aliphatic rings. The van der Waals surface area contributed by atoms with Gasteiger partial charge in [-0.15, -0.1) is 0 Å². The number of sulfonamides is 1. The number of carbonyl (C=O) groups is 2. The van der Waals surface area contributed by atoms with Gasteiger partial charge >= 0.3 is 0 Å². The molecule has 3 aromatic carbocycles. The van der Waals surface area contributed by atoms with Crippen molar-refractivity contribution >= 4 is 27.5 Å². The van der Waals surface area contributed by atoms with E-state index in [0.29, 0.717) is 18.8 Å². The Morgan fingerprint density at radius 2 is 1.61 bits per heavy atom. The number of aryl methyl sites for hydroxylation is 1. The van der Waals surface area contributed by atoms with Crippen LogP contribution in [0.2, 0.25) is 0 Å². The molecule has 0 heterocycles. The highest BCUT2D eigenvalue weighted by atomic mass is 32.2. The Morgan fingerprint density at radius 1 is 0.955 bits per heavy atom. The lowest BCUT2D eigenvalue weighted by Gasteiger charge is -2.34. The maximum atomic E-state index is 14.3. The zero-order valence-electron chi connectivity index (χ0n) is 25.7. The molecule has 0 saturated heterocycles. The first kappa shape index (κ1) is 33.0. The quantitative estimate of drug-likeness (QED) is 0.253.